The molecule has 0 saturated carbocycles. The first-order valence-corrected chi connectivity index (χ1v) is 19.8. The first-order valence-electron chi connectivity index (χ1n) is 19.8. The summed E-state index contributed by atoms with van der Waals surface area (Å²) < 4.78 is 0. The van der Waals surface area contributed by atoms with Crippen LogP contribution in [-0.4, -0.2) is 17.9 Å². The minimum Gasteiger partial charge on any atom is -0.550 e. The van der Waals surface area contributed by atoms with Crippen LogP contribution in [0.3, 0.4) is 0 Å². The molecule has 0 aromatic rings. The van der Waals surface area contributed by atoms with Gasteiger partial charge in [-0.05, 0) is 35.5 Å². The van der Waals surface area contributed by atoms with Crippen LogP contribution in [0.1, 0.15) is 218 Å². The Labute approximate surface area is 338 Å². The maximum Gasteiger partial charge on any atom is 3.00 e. The fourth-order valence-electron chi connectivity index (χ4n) is 6.10. The van der Waals surface area contributed by atoms with E-state index in [0.29, 0.717) is 0 Å². The summed E-state index contributed by atoms with van der Waals surface area (Å²) in [6.45, 7) is 24.4. The van der Waals surface area contributed by atoms with E-state index in [4.69, 9.17) is 0 Å². The molecule has 6 nitrogen and oxygen atoms in total. The second-order valence-electron chi connectivity index (χ2n) is 17.4. The van der Waals surface area contributed by atoms with Gasteiger partial charge in [-0.25, -0.2) is 0 Å². The number of aliphatic carboxylic acids is 3. The average Bonchev–Trinajstić information content (AvgIpc) is 2.94. The smallest absolute Gasteiger partial charge is 0.550 e. The second-order valence-corrected chi connectivity index (χ2v) is 17.4. The third-order valence-corrected chi connectivity index (χ3v) is 9.53. The van der Waals surface area contributed by atoms with Crippen molar-refractivity contribution >= 4 is 17.9 Å². The fourth-order valence-corrected chi connectivity index (χ4v) is 6.10. The molecule has 3 atom stereocenters. The number of carbonyl (C=O) groups is 3. The molecular weight excluding hydrogens is 745 g/mol. The zero-order valence-electron chi connectivity index (χ0n) is 34.5. The molecule has 7 heteroatoms. The van der Waals surface area contributed by atoms with E-state index in [1.54, 1.807) is 0 Å². The van der Waals surface area contributed by atoms with E-state index < -0.39 is 17.9 Å². The van der Waals surface area contributed by atoms with E-state index in [2.05, 4.69) is 20.8 Å². The van der Waals surface area contributed by atoms with Crippen molar-refractivity contribution in [2.45, 2.75) is 218 Å². The Bertz CT molecular complexity index is 686. The standard InChI is InChI=1S/3C14H28O2.Nd/c3*1-5-6-7-8-9-10-11-12(13(15)16)14(2,3)4;/h3*12H,5-11H2,1-4H3,(H,15,16);/q;;;+3/p-3. The first-order chi connectivity index (χ1) is 22.2. The molecule has 0 fully saturated rings. The summed E-state index contributed by atoms with van der Waals surface area (Å²) in [7, 11) is 0. The summed E-state index contributed by atoms with van der Waals surface area (Å²) in [6.07, 6.45) is 24.0. The van der Waals surface area contributed by atoms with Gasteiger partial charge < -0.3 is 29.7 Å². The third-order valence-electron chi connectivity index (χ3n) is 9.53. The van der Waals surface area contributed by atoms with Gasteiger partial charge in [0.2, 0.25) is 0 Å². The molecule has 0 aromatic carbocycles. The van der Waals surface area contributed by atoms with Gasteiger partial charge in [-0.15, -0.1) is 0 Å². The van der Waals surface area contributed by atoms with Gasteiger partial charge >= 0.3 is 40.8 Å². The van der Waals surface area contributed by atoms with Gasteiger partial charge in [-0.3, -0.25) is 0 Å². The maximum absolute atomic E-state index is 11.0. The molecule has 0 N–H and O–H groups in total. The predicted octanol–water partition coefficient (Wildman–Crippen LogP) is 9.45. The molecule has 0 heterocycles. The Kier molecular flexibility index (Phi) is 36.7. The average molecular weight is 826 g/mol. The van der Waals surface area contributed by atoms with Crippen molar-refractivity contribution in [3.63, 3.8) is 0 Å². The Hall–Kier alpha value is -0.239. The summed E-state index contributed by atoms with van der Waals surface area (Å²) in [6, 6.07) is 0. The van der Waals surface area contributed by atoms with Gasteiger partial charge in [0.05, 0.1) is 0 Å². The molecule has 3 unspecified atom stereocenters. The van der Waals surface area contributed by atoms with Crippen molar-refractivity contribution in [3.8, 4) is 0 Å². The van der Waals surface area contributed by atoms with E-state index in [1.807, 2.05) is 62.3 Å². The number of hydrogen-bond donors (Lipinski definition) is 0. The largest absolute Gasteiger partial charge is 3.00 e. The molecule has 1 radical (unpaired) electrons. The number of rotatable bonds is 24. The summed E-state index contributed by atoms with van der Waals surface area (Å²) in [5.74, 6) is -3.58. The van der Waals surface area contributed by atoms with Gasteiger partial charge in [0.1, 0.15) is 0 Å². The number of unbranched alkanes of at least 4 members (excludes halogenated alkanes) is 15. The quantitative estimate of drug-likeness (QED) is 0.0895. The second kappa shape index (κ2) is 32.4. The van der Waals surface area contributed by atoms with Crippen LogP contribution in [0.25, 0.3) is 0 Å². The van der Waals surface area contributed by atoms with Crippen molar-refractivity contribution in [1.82, 2.24) is 0 Å². The molecule has 0 bridgehead atoms. The minimum absolute atomic E-state index is 0. The summed E-state index contributed by atoms with van der Waals surface area (Å²) in [4.78, 5) is 33.0. The molecule has 0 aromatic heterocycles. The fraction of sp³-hybridized carbons (Fsp3) is 0.929. The van der Waals surface area contributed by atoms with Gasteiger partial charge in [0.15, 0.2) is 0 Å². The minimum atomic E-state index is -0.888. The zero-order valence-corrected chi connectivity index (χ0v) is 37.7. The van der Waals surface area contributed by atoms with Crippen LogP contribution in [0.15, 0.2) is 0 Å². The van der Waals surface area contributed by atoms with Gasteiger partial charge in [-0.1, -0.05) is 199 Å². The van der Waals surface area contributed by atoms with Crippen LogP contribution in [-0.2, 0) is 14.4 Å². The van der Waals surface area contributed by atoms with Crippen LogP contribution in [0.2, 0.25) is 0 Å². The van der Waals surface area contributed by atoms with Crippen LogP contribution >= 0.6 is 0 Å². The van der Waals surface area contributed by atoms with Crippen LogP contribution in [0, 0.1) is 74.8 Å². The van der Waals surface area contributed by atoms with Crippen molar-refractivity contribution in [3.05, 3.63) is 0 Å². The number of carboxylic acid groups (broad SMARTS) is 3. The molecule has 0 rings (SSSR count). The number of hydrogen-bond acceptors (Lipinski definition) is 6. The predicted molar refractivity (Wildman–Crippen MR) is 198 cm³/mol. The van der Waals surface area contributed by atoms with E-state index in [1.165, 1.54) is 77.0 Å². The monoisotopic (exact) mass is 824 g/mol. The summed E-state index contributed by atoms with van der Waals surface area (Å²) in [5, 5.41) is 33.0. The summed E-state index contributed by atoms with van der Waals surface area (Å²) >= 11 is 0. The van der Waals surface area contributed by atoms with E-state index >= 15 is 0 Å². The summed E-state index contributed by atoms with van der Waals surface area (Å²) in [5.41, 5.74) is -0.535. The number of carbonyl (C=O) groups excluding carboxylic acids is 3. The Morgan fingerprint density at radius 1 is 0.367 bits per heavy atom. The third kappa shape index (κ3) is 34.6. The molecule has 0 aliphatic carbocycles. The van der Waals surface area contributed by atoms with Crippen molar-refractivity contribution < 1.29 is 70.5 Å². The molecule has 0 aliphatic rings. The molecule has 289 valence electrons. The van der Waals surface area contributed by atoms with Crippen LogP contribution < -0.4 is 15.3 Å². The Morgan fingerprint density at radius 2 is 0.531 bits per heavy atom. The Balaban J connectivity index is -0.000000307. The molecular formula is C42H81NdO6. The van der Waals surface area contributed by atoms with E-state index in [0.717, 1.165) is 57.8 Å². The van der Waals surface area contributed by atoms with Crippen molar-refractivity contribution in [2.75, 3.05) is 0 Å². The van der Waals surface area contributed by atoms with Crippen molar-refractivity contribution in [2.24, 2.45) is 34.0 Å². The molecule has 0 saturated heterocycles. The van der Waals surface area contributed by atoms with Gasteiger partial charge in [0, 0.05) is 35.7 Å². The van der Waals surface area contributed by atoms with Crippen molar-refractivity contribution in [1.29, 1.82) is 0 Å². The van der Waals surface area contributed by atoms with Crippen LogP contribution in [0.5, 0.6) is 0 Å². The maximum atomic E-state index is 11.0. The molecule has 0 aliphatic heterocycles. The Morgan fingerprint density at radius 3 is 0.673 bits per heavy atom. The molecule has 49 heavy (non-hydrogen) atoms. The molecule has 0 amide bonds. The zero-order chi connectivity index (χ0) is 37.8. The topological polar surface area (TPSA) is 120 Å². The SMILES string of the molecule is CCCCCCCCC(C(=O)[O-])C(C)(C)C.CCCCCCCCC(C(=O)[O-])C(C)(C)C.CCCCCCCCC(C(=O)[O-])C(C)(C)C.[Nd+3]. The molecule has 0 spiro atoms. The van der Waals surface area contributed by atoms with Crippen LogP contribution in [0.4, 0.5) is 0 Å². The van der Waals surface area contributed by atoms with E-state index in [-0.39, 0.29) is 74.8 Å². The first kappa shape index (κ1) is 55.5. The van der Waals surface area contributed by atoms with Gasteiger partial charge in [0.25, 0.3) is 0 Å². The normalized spacial score (nSPS) is 13.5. The number of carboxylic acids is 3. The van der Waals surface area contributed by atoms with E-state index in [9.17, 15) is 29.7 Å². The van der Waals surface area contributed by atoms with Gasteiger partial charge in [-0.2, -0.15) is 0 Å².